The zero-order valence-corrected chi connectivity index (χ0v) is 38.3. The van der Waals surface area contributed by atoms with Crippen LogP contribution in [-0.2, 0) is 18.4 Å². The molecule has 8 unspecified atom stereocenters. The molecule has 14 heteroatoms. The average molecular weight is 878 g/mol. The maximum atomic E-state index is 13.0. The molecule has 0 heterocycles. The van der Waals surface area contributed by atoms with Crippen LogP contribution in [0.3, 0.4) is 0 Å². The number of amides is 1. The lowest BCUT2D eigenvalue weighted by Crippen LogP contribution is -2.64. The number of phosphoric acid groups is 1. The summed E-state index contributed by atoms with van der Waals surface area (Å²) in [7, 11) is -5.15. The molecule has 1 aliphatic rings. The smallest absolute Gasteiger partial charge is 0.393 e. The summed E-state index contributed by atoms with van der Waals surface area (Å²) in [5, 5.41) is 74.4. The Labute approximate surface area is 363 Å². The quantitative estimate of drug-likeness (QED) is 0.0163. The molecule has 0 bridgehead atoms. The summed E-state index contributed by atoms with van der Waals surface area (Å²) in [6.07, 6.45) is 25.5. The van der Waals surface area contributed by atoms with Crippen LogP contribution in [0.4, 0.5) is 0 Å². The molecule has 1 aliphatic carbocycles. The molecule has 0 spiro atoms. The summed E-state index contributed by atoms with van der Waals surface area (Å²) in [6, 6.07) is -1.25. The molecule has 0 aromatic rings. The van der Waals surface area contributed by atoms with E-state index >= 15 is 0 Å². The molecule has 354 valence electrons. The lowest BCUT2D eigenvalue weighted by Gasteiger charge is -2.41. The summed E-state index contributed by atoms with van der Waals surface area (Å²) in [4.78, 5) is 23.4. The zero-order chi connectivity index (χ0) is 44.4. The van der Waals surface area contributed by atoms with Gasteiger partial charge in [-0.3, -0.25) is 13.8 Å². The van der Waals surface area contributed by atoms with E-state index in [1.54, 1.807) is 6.08 Å². The molecule has 0 aromatic carbocycles. The number of rotatable bonds is 39. The van der Waals surface area contributed by atoms with Crippen LogP contribution in [0.25, 0.3) is 0 Å². The van der Waals surface area contributed by atoms with Gasteiger partial charge >= 0.3 is 7.82 Å². The Morgan fingerprint density at radius 2 is 0.983 bits per heavy atom. The summed E-state index contributed by atoms with van der Waals surface area (Å²) in [5.74, 6) is -0.601. The van der Waals surface area contributed by atoms with Gasteiger partial charge in [0.25, 0.3) is 0 Å². The predicted molar refractivity (Wildman–Crippen MR) is 238 cm³/mol. The standard InChI is InChI=1S/C46H88NO12P/c1-3-5-7-9-11-13-15-17-19-20-22-24-26-28-30-32-34-39(49)38(36-58-60(56,57)59-46-44(54)42(52)41(51)43(53)45(46)55)47-40(50)35-37(48)33-31-29-27-25-23-21-18-16-14-12-10-8-6-4-2/h24,26,32,34,37-39,41-46,48-49,51-55H,3-23,25,27-31,33,35-36H2,1-2H3,(H,47,50)(H,56,57)/b26-24+,34-32+. The molecule has 0 aromatic heterocycles. The lowest BCUT2D eigenvalue weighted by atomic mass is 9.85. The van der Waals surface area contributed by atoms with Crippen LogP contribution in [0.2, 0.25) is 0 Å². The minimum Gasteiger partial charge on any atom is -0.393 e. The minimum atomic E-state index is -5.15. The van der Waals surface area contributed by atoms with Crippen molar-refractivity contribution in [1.29, 1.82) is 0 Å². The van der Waals surface area contributed by atoms with Gasteiger partial charge in [-0.15, -0.1) is 0 Å². The van der Waals surface area contributed by atoms with Crippen LogP contribution in [0.5, 0.6) is 0 Å². The topological polar surface area (TPSA) is 226 Å². The SMILES string of the molecule is CCCCCCCCCCCC/C=C/CC/C=C/C(O)C(COP(=O)(O)OC1C(O)C(O)C(O)C(O)C1O)NC(=O)CC(O)CCCCCCCCCCCCCCCC. The fraction of sp³-hybridized carbons (Fsp3) is 0.891. The molecule has 1 rings (SSSR count). The second-order valence-electron chi connectivity index (χ2n) is 17.1. The molecule has 13 nitrogen and oxygen atoms in total. The molecule has 60 heavy (non-hydrogen) atoms. The molecule has 0 saturated heterocycles. The third kappa shape index (κ3) is 27.8. The third-order valence-electron chi connectivity index (χ3n) is 11.5. The van der Waals surface area contributed by atoms with E-state index in [1.807, 2.05) is 0 Å². The summed E-state index contributed by atoms with van der Waals surface area (Å²) >= 11 is 0. The molecule has 1 saturated carbocycles. The first-order chi connectivity index (χ1) is 28.8. The van der Waals surface area contributed by atoms with Crippen LogP contribution in [0.15, 0.2) is 24.3 Å². The fourth-order valence-corrected chi connectivity index (χ4v) is 8.58. The zero-order valence-electron chi connectivity index (χ0n) is 37.4. The number of carbonyl (C=O) groups is 1. The van der Waals surface area contributed by atoms with E-state index in [-0.39, 0.29) is 6.42 Å². The van der Waals surface area contributed by atoms with E-state index in [4.69, 9.17) is 9.05 Å². The maximum Gasteiger partial charge on any atom is 0.472 e. The summed E-state index contributed by atoms with van der Waals surface area (Å²) in [6.45, 7) is 3.73. The van der Waals surface area contributed by atoms with Crippen molar-refractivity contribution in [2.75, 3.05) is 6.61 Å². The van der Waals surface area contributed by atoms with Gasteiger partial charge < -0.3 is 46.0 Å². The first-order valence-corrected chi connectivity index (χ1v) is 25.4. The molecule has 0 aliphatic heterocycles. The minimum absolute atomic E-state index is 0.249. The van der Waals surface area contributed by atoms with Gasteiger partial charge in [0.1, 0.15) is 36.6 Å². The third-order valence-corrected chi connectivity index (χ3v) is 12.5. The Morgan fingerprint density at radius 3 is 1.47 bits per heavy atom. The molecule has 0 radical (unpaired) electrons. The van der Waals surface area contributed by atoms with Crippen molar-refractivity contribution in [2.45, 2.75) is 255 Å². The second kappa shape index (κ2) is 36.2. The molecular weight excluding hydrogens is 789 g/mol. The number of unbranched alkanes of at least 4 members (excludes halogenated alkanes) is 24. The van der Waals surface area contributed by atoms with Crippen molar-refractivity contribution in [3.8, 4) is 0 Å². The van der Waals surface area contributed by atoms with E-state index in [9.17, 15) is 50.0 Å². The van der Waals surface area contributed by atoms with Crippen LogP contribution in [-0.4, -0.2) is 108 Å². The van der Waals surface area contributed by atoms with Crippen molar-refractivity contribution in [3.05, 3.63) is 24.3 Å². The Balaban J connectivity index is 2.57. The highest BCUT2D eigenvalue weighted by molar-refractivity contribution is 7.47. The summed E-state index contributed by atoms with van der Waals surface area (Å²) in [5.41, 5.74) is 0. The first-order valence-electron chi connectivity index (χ1n) is 23.9. The van der Waals surface area contributed by atoms with Gasteiger partial charge in [0.15, 0.2) is 0 Å². The van der Waals surface area contributed by atoms with Crippen LogP contribution >= 0.6 is 7.82 Å². The molecule has 1 amide bonds. The average Bonchev–Trinajstić information content (AvgIpc) is 3.22. The van der Waals surface area contributed by atoms with Crippen LogP contribution in [0, 0.1) is 0 Å². The van der Waals surface area contributed by atoms with Gasteiger partial charge in [-0.25, -0.2) is 4.57 Å². The Morgan fingerprint density at radius 1 is 0.583 bits per heavy atom. The number of nitrogens with one attached hydrogen (secondary N) is 1. The van der Waals surface area contributed by atoms with Gasteiger partial charge in [0.05, 0.1) is 31.3 Å². The van der Waals surface area contributed by atoms with Crippen molar-refractivity contribution in [1.82, 2.24) is 5.32 Å². The van der Waals surface area contributed by atoms with Crippen molar-refractivity contribution in [3.63, 3.8) is 0 Å². The summed E-state index contributed by atoms with van der Waals surface area (Å²) < 4.78 is 22.9. The van der Waals surface area contributed by atoms with Crippen molar-refractivity contribution < 1.29 is 59.0 Å². The van der Waals surface area contributed by atoms with Gasteiger partial charge in [-0.2, -0.15) is 0 Å². The van der Waals surface area contributed by atoms with Gasteiger partial charge in [-0.05, 0) is 32.1 Å². The van der Waals surface area contributed by atoms with Crippen LogP contribution in [0.1, 0.15) is 200 Å². The predicted octanol–water partition coefficient (Wildman–Crippen LogP) is 7.98. The van der Waals surface area contributed by atoms with E-state index in [1.165, 1.54) is 128 Å². The van der Waals surface area contributed by atoms with E-state index in [0.29, 0.717) is 12.8 Å². The highest BCUT2D eigenvalue weighted by Crippen LogP contribution is 2.47. The molecular formula is C46H88NO12P. The number of aliphatic hydroxyl groups is 7. The van der Waals surface area contributed by atoms with Gasteiger partial charge in [0.2, 0.25) is 5.91 Å². The van der Waals surface area contributed by atoms with Crippen molar-refractivity contribution in [2.24, 2.45) is 0 Å². The number of hydrogen-bond acceptors (Lipinski definition) is 11. The molecule has 8 atom stereocenters. The van der Waals surface area contributed by atoms with E-state index < -0.39 is 75.2 Å². The molecule has 9 N–H and O–H groups in total. The number of phosphoric ester groups is 1. The number of allylic oxidation sites excluding steroid dienone is 3. The van der Waals surface area contributed by atoms with E-state index in [2.05, 4.69) is 31.3 Å². The van der Waals surface area contributed by atoms with Crippen LogP contribution < -0.4 is 5.32 Å². The largest absolute Gasteiger partial charge is 0.472 e. The first kappa shape index (κ1) is 56.8. The number of aliphatic hydroxyl groups excluding tert-OH is 7. The lowest BCUT2D eigenvalue weighted by molar-refractivity contribution is -0.220. The monoisotopic (exact) mass is 878 g/mol. The Hall–Kier alpha value is -1.22. The number of hydrogen-bond donors (Lipinski definition) is 9. The van der Waals surface area contributed by atoms with Gasteiger partial charge in [-0.1, -0.05) is 186 Å². The second-order valence-corrected chi connectivity index (χ2v) is 18.5. The fourth-order valence-electron chi connectivity index (χ4n) is 7.61. The van der Waals surface area contributed by atoms with Gasteiger partial charge in [0, 0.05) is 0 Å². The highest BCUT2D eigenvalue weighted by atomic mass is 31.2. The van der Waals surface area contributed by atoms with E-state index in [0.717, 1.165) is 44.9 Å². The Kier molecular flexibility index (Phi) is 34.2. The highest BCUT2D eigenvalue weighted by Gasteiger charge is 2.51. The number of carbonyl (C=O) groups excluding carboxylic acids is 1. The molecule has 1 fully saturated rings. The maximum absolute atomic E-state index is 13.0. The normalized spacial score (nSPS) is 23.6. The van der Waals surface area contributed by atoms with Crippen molar-refractivity contribution >= 4 is 13.7 Å². The Bertz CT molecular complexity index is 1130.